The van der Waals surface area contributed by atoms with Gasteiger partial charge in [-0.3, -0.25) is 4.98 Å². The number of nitrogens with two attached hydrogens (primary N) is 1. The van der Waals surface area contributed by atoms with Gasteiger partial charge in [-0.2, -0.15) is 0 Å². The highest BCUT2D eigenvalue weighted by Crippen LogP contribution is 2.26. The fourth-order valence-electron chi connectivity index (χ4n) is 2.41. The topological polar surface area (TPSA) is 89.1 Å². The van der Waals surface area contributed by atoms with Crippen LogP contribution in [0.2, 0.25) is 0 Å². The molecule has 5 nitrogen and oxygen atoms in total. The number of anilines is 1. The molecule has 5 heteroatoms. The SMILES string of the molecule is Cc1ccccc1-c1cc2cc(C=CC(=O)O)c(N)nc2cn1. The molecule has 0 aliphatic rings. The van der Waals surface area contributed by atoms with Crippen molar-refractivity contribution in [1.82, 2.24) is 9.97 Å². The molecule has 2 heterocycles. The van der Waals surface area contributed by atoms with E-state index in [1.165, 1.54) is 6.08 Å². The normalized spacial score (nSPS) is 11.2. The molecule has 0 spiro atoms. The smallest absolute Gasteiger partial charge is 0.328 e. The lowest BCUT2D eigenvalue weighted by Crippen LogP contribution is -1.97. The molecule has 114 valence electrons. The molecule has 0 atom stereocenters. The zero-order chi connectivity index (χ0) is 16.4. The Balaban J connectivity index is 2.13. The van der Waals surface area contributed by atoms with Gasteiger partial charge < -0.3 is 10.8 Å². The highest BCUT2D eigenvalue weighted by atomic mass is 16.4. The molecule has 0 fully saturated rings. The van der Waals surface area contributed by atoms with Gasteiger partial charge in [-0.05, 0) is 30.7 Å². The number of aryl methyl sites for hydroxylation is 1. The second-order valence-corrected chi connectivity index (χ2v) is 5.21. The van der Waals surface area contributed by atoms with Gasteiger partial charge in [-0.1, -0.05) is 24.3 Å². The average Bonchev–Trinajstić information content (AvgIpc) is 2.53. The molecular formula is C18H15N3O2. The maximum absolute atomic E-state index is 10.7. The third-order valence-electron chi connectivity index (χ3n) is 3.59. The largest absolute Gasteiger partial charge is 0.478 e. The maximum Gasteiger partial charge on any atom is 0.328 e. The second-order valence-electron chi connectivity index (χ2n) is 5.21. The number of benzene rings is 1. The minimum absolute atomic E-state index is 0.278. The number of pyridine rings is 2. The van der Waals surface area contributed by atoms with Crippen LogP contribution in [-0.4, -0.2) is 21.0 Å². The molecule has 2 aromatic heterocycles. The lowest BCUT2D eigenvalue weighted by atomic mass is 10.0. The molecule has 0 unspecified atom stereocenters. The van der Waals surface area contributed by atoms with Crippen molar-refractivity contribution in [2.45, 2.75) is 6.92 Å². The quantitative estimate of drug-likeness (QED) is 0.725. The first-order chi connectivity index (χ1) is 11.0. The van der Waals surface area contributed by atoms with Gasteiger partial charge in [-0.25, -0.2) is 9.78 Å². The number of nitrogen functional groups attached to an aromatic ring is 1. The Morgan fingerprint density at radius 3 is 2.78 bits per heavy atom. The average molecular weight is 305 g/mol. The zero-order valence-corrected chi connectivity index (χ0v) is 12.5. The fraction of sp³-hybridized carbons (Fsp3) is 0.0556. The lowest BCUT2D eigenvalue weighted by molar-refractivity contribution is -0.131. The molecule has 0 radical (unpaired) electrons. The van der Waals surface area contributed by atoms with Crippen LogP contribution in [0, 0.1) is 6.92 Å². The number of carboxylic acids is 1. The summed E-state index contributed by atoms with van der Waals surface area (Å²) in [5, 5.41) is 9.60. The van der Waals surface area contributed by atoms with Crippen LogP contribution in [0.4, 0.5) is 5.82 Å². The van der Waals surface area contributed by atoms with Crippen LogP contribution in [0.5, 0.6) is 0 Å². The van der Waals surface area contributed by atoms with Gasteiger partial charge in [0.25, 0.3) is 0 Å². The van der Waals surface area contributed by atoms with Gasteiger partial charge >= 0.3 is 5.97 Å². The van der Waals surface area contributed by atoms with E-state index in [0.717, 1.165) is 28.3 Å². The Morgan fingerprint density at radius 1 is 1.26 bits per heavy atom. The van der Waals surface area contributed by atoms with Crippen LogP contribution in [-0.2, 0) is 4.79 Å². The van der Waals surface area contributed by atoms with Crippen LogP contribution in [0.15, 0.2) is 48.7 Å². The highest BCUT2D eigenvalue weighted by molar-refractivity contribution is 5.90. The Labute approximate surface area is 133 Å². The van der Waals surface area contributed by atoms with E-state index in [1.54, 1.807) is 6.20 Å². The molecule has 0 saturated carbocycles. The van der Waals surface area contributed by atoms with Crippen molar-refractivity contribution in [2.24, 2.45) is 0 Å². The number of hydrogen-bond acceptors (Lipinski definition) is 4. The zero-order valence-electron chi connectivity index (χ0n) is 12.5. The van der Waals surface area contributed by atoms with Gasteiger partial charge in [0.05, 0.1) is 17.4 Å². The molecule has 0 saturated heterocycles. The summed E-state index contributed by atoms with van der Waals surface area (Å²) in [5.41, 5.74) is 10.1. The van der Waals surface area contributed by atoms with Gasteiger partial charge in [0.15, 0.2) is 0 Å². The summed E-state index contributed by atoms with van der Waals surface area (Å²) in [5.74, 6) is -0.750. The van der Waals surface area contributed by atoms with E-state index in [0.29, 0.717) is 11.1 Å². The van der Waals surface area contributed by atoms with Crippen LogP contribution in [0.3, 0.4) is 0 Å². The molecule has 0 aliphatic heterocycles. The predicted octanol–water partition coefficient (Wildman–Crippen LogP) is 3.29. The Morgan fingerprint density at radius 2 is 2.04 bits per heavy atom. The van der Waals surface area contributed by atoms with Crippen molar-refractivity contribution in [3.05, 3.63) is 59.8 Å². The number of rotatable bonds is 3. The minimum atomic E-state index is -1.03. The first kappa shape index (κ1) is 14.7. The Hall–Kier alpha value is -3.21. The lowest BCUT2D eigenvalue weighted by Gasteiger charge is -2.07. The van der Waals surface area contributed by atoms with Crippen molar-refractivity contribution in [3.8, 4) is 11.3 Å². The van der Waals surface area contributed by atoms with Crippen LogP contribution >= 0.6 is 0 Å². The minimum Gasteiger partial charge on any atom is -0.478 e. The van der Waals surface area contributed by atoms with E-state index in [1.807, 2.05) is 43.3 Å². The standard InChI is InChI=1S/C18H15N3O2/c1-11-4-2-3-5-14(11)15-9-13-8-12(6-7-17(22)23)18(19)21-16(13)10-20-15/h2-10H,1H3,(H2,19,21)(H,22,23). The van der Waals surface area contributed by atoms with Crippen molar-refractivity contribution in [3.63, 3.8) is 0 Å². The van der Waals surface area contributed by atoms with E-state index in [9.17, 15) is 4.79 Å². The monoisotopic (exact) mass is 305 g/mol. The number of fused-ring (bicyclic) bond motifs is 1. The molecule has 3 rings (SSSR count). The predicted molar refractivity (Wildman–Crippen MR) is 90.8 cm³/mol. The second kappa shape index (κ2) is 5.88. The summed E-state index contributed by atoms with van der Waals surface area (Å²) < 4.78 is 0. The van der Waals surface area contributed by atoms with Crippen LogP contribution in [0.1, 0.15) is 11.1 Å². The van der Waals surface area contributed by atoms with Gasteiger partial charge in [0, 0.05) is 22.6 Å². The van der Waals surface area contributed by atoms with E-state index < -0.39 is 5.97 Å². The van der Waals surface area contributed by atoms with Gasteiger partial charge in [0.2, 0.25) is 0 Å². The molecule has 0 amide bonds. The molecule has 0 bridgehead atoms. The number of hydrogen-bond donors (Lipinski definition) is 2. The number of nitrogens with zero attached hydrogens (tertiary/aromatic N) is 2. The molecule has 23 heavy (non-hydrogen) atoms. The fourth-order valence-corrected chi connectivity index (χ4v) is 2.41. The third-order valence-corrected chi connectivity index (χ3v) is 3.59. The summed E-state index contributed by atoms with van der Waals surface area (Å²) in [6, 6.07) is 11.7. The number of aliphatic carboxylic acids is 1. The summed E-state index contributed by atoms with van der Waals surface area (Å²) >= 11 is 0. The Bertz CT molecular complexity index is 933. The maximum atomic E-state index is 10.7. The van der Waals surface area contributed by atoms with E-state index in [-0.39, 0.29) is 5.82 Å². The van der Waals surface area contributed by atoms with Gasteiger partial charge in [0.1, 0.15) is 5.82 Å². The van der Waals surface area contributed by atoms with Crippen molar-refractivity contribution in [2.75, 3.05) is 5.73 Å². The van der Waals surface area contributed by atoms with Crippen molar-refractivity contribution in [1.29, 1.82) is 0 Å². The summed E-state index contributed by atoms with van der Waals surface area (Å²) in [6.07, 6.45) is 4.17. The highest BCUT2D eigenvalue weighted by Gasteiger charge is 2.07. The van der Waals surface area contributed by atoms with Crippen LogP contribution < -0.4 is 5.73 Å². The van der Waals surface area contributed by atoms with Crippen molar-refractivity contribution >= 4 is 28.8 Å². The first-order valence-electron chi connectivity index (χ1n) is 7.08. The number of aromatic nitrogens is 2. The molecular weight excluding hydrogens is 290 g/mol. The van der Waals surface area contributed by atoms with Gasteiger partial charge in [-0.15, -0.1) is 0 Å². The molecule has 3 aromatic rings. The number of carbonyl (C=O) groups is 1. The first-order valence-corrected chi connectivity index (χ1v) is 7.08. The third kappa shape index (κ3) is 3.03. The van der Waals surface area contributed by atoms with E-state index >= 15 is 0 Å². The molecule has 0 aliphatic carbocycles. The summed E-state index contributed by atoms with van der Waals surface area (Å²) in [6.45, 7) is 2.03. The van der Waals surface area contributed by atoms with Crippen LogP contribution in [0.25, 0.3) is 28.2 Å². The molecule has 3 N–H and O–H groups in total. The Kier molecular flexibility index (Phi) is 3.76. The van der Waals surface area contributed by atoms with E-state index in [4.69, 9.17) is 10.8 Å². The van der Waals surface area contributed by atoms with E-state index in [2.05, 4.69) is 9.97 Å². The van der Waals surface area contributed by atoms with Crippen molar-refractivity contribution < 1.29 is 9.90 Å². The summed E-state index contributed by atoms with van der Waals surface area (Å²) in [4.78, 5) is 19.4. The number of carboxylic acid groups (broad SMARTS) is 1. The molecule has 1 aromatic carbocycles. The summed E-state index contributed by atoms with van der Waals surface area (Å²) in [7, 11) is 0.